The number of nitrogens with zero attached hydrogens (tertiary/aromatic N) is 2. The maximum atomic E-state index is 13.8. The lowest BCUT2D eigenvalue weighted by atomic mass is 10.1. The van der Waals surface area contributed by atoms with Crippen LogP contribution < -0.4 is 10.5 Å². The quantitative estimate of drug-likeness (QED) is 0.877. The average molecular weight is 279 g/mol. The summed E-state index contributed by atoms with van der Waals surface area (Å²) in [6, 6.07) is 4.82. The van der Waals surface area contributed by atoms with Gasteiger partial charge in [0.1, 0.15) is 0 Å². The molecular weight excluding hydrogens is 261 g/mol. The zero-order chi connectivity index (χ0) is 14.5. The highest BCUT2D eigenvalue weighted by Gasteiger charge is 2.09. The smallest absolute Gasteiger partial charge is 0.226 e. The average Bonchev–Trinajstić information content (AvgIpc) is 2.85. The van der Waals surface area contributed by atoms with E-state index in [0.717, 1.165) is 5.56 Å². The van der Waals surface area contributed by atoms with Crippen LogP contribution in [0.3, 0.4) is 0 Å². The number of ether oxygens (including phenoxy) is 1. The predicted molar refractivity (Wildman–Crippen MR) is 71.8 cm³/mol. The summed E-state index contributed by atoms with van der Waals surface area (Å²) in [6.45, 7) is 3.87. The van der Waals surface area contributed by atoms with E-state index in [1.807, 2.05) is 13.8 Å². The second-order valence-electron chi connectivity index (χ2n) is 4.69. The van der Waals surface area contributed by atoms with E-state index in [4.69, 9.17) is 15.0 Å². The van der Waals surface area contributed by atoms with Crippen LogP contribution in [0.5, 0.6) is 5.75 Å². The summed E-state index contributed by atoms with van der Waals surface area (Å²) >= 11 is 0. The maximum absolute atomic E-state index is 13.8. The fourth-order valence-corrected chi connectivity index (χ4v) is 1.79. The summed E-state index contributed by atoms with van der Waals surface area (Å²) in [5.41, 5.74) is 6.53. The van der Waals surface area contributed by atoms with Gasteiger partial charge in [0.05, 0.1) is 0 Å². The van der Waals surface area contributed by atoms with Gasteiger partial charge in [0, 0.05) is 12.5 Å². The van der Waals surface area contributed by atoms with E-state index < -0.39 is 5.82 Å². The molecule has 0 spiro atoms. The molecule has 0 aliphatic heterocycles. The van der Waals surface area contributed by atoms with Crippen molar-refractivity contribution in [1.29, 1.82) is 0 Å². The minimum atomic E-state index is -0.414. The Kier molecular flexibility index (Phi) is 4.68. The van der Waals surface area contributed by atoms with E-state index in [-0.39, 0.29) is 18.4 Å². The van der Waals surface area contributed by atoms with Crippen molar-refractivity contribution in [3.8, 4) is 5.75 Å². The van der Waals surface area contributed by atoms with Crippen molar-refractivity contribution in [2.75, 3.05) is 0 Å². The lowest BCUT2D eigenvalue weighted by molar-refractivity contribution is 0.272. The van der Waals surface area contributed by atoms with Gasteiger partial charge in [0.25, 0.3) is 0 Å². The number of hydrogen-bond donors (Lipinski definition) is 1. The van der Waals surface area contributed by atoms with Gasteiger partial charge in [-0.05, 0) is 31.0 Å². The maximum Gasteiger partial charge on any atom is 0.226 e. The van der Waals surface area contributed by atoms with Crippen molar-refractivity contribution >= 4 is 0 Å². The molecule has 2 rings (SSSR count). The van der Waals surface area contributed by atoms with Crippen LogP contribution >= 0.6 is 0 Å². The molecule has 108 valence electrons. The molecule has 1 heterocycles. The van der Waals surface area contributed by atoms with Gasteiger partial charge in [0.2, 0.25) is 11.7 Å². The van der Waals surface area contributed by atoms with Gasteiger partial charge < -0.3 is 15.0 Å². The molecule has 1 unspecified atom stereocenters. The van der Waals surface area contributed by atoms with Crippen molar-refractivity contribution < 1.29 is 13.7 Å². The molecular formula is C14H18FN3O2. The molecule has 1 aromatic carbocycles. The van der Waals surface area contributed by atoms with Gasteiger partial charge in [-0.2, -0.15) is 4.98 Å². The fourth-order valence-electron chi connectivity index (χ4n) is 1.79. The lowest BCUT2D eigenvalue weighted by Crippen LogP contribution is -2.17. The number of benzene rings is 1. The summed E-state index contributed by atoms with van der Waals surface area (Å²) in [6.07, 6.45) is 1.29. The zero-order valence-electron chi connectivity index (χ0n) is 11.6. The van der Waals surface area contributed by atoms with E-state index >= 15 is 0 Å². The van der Waals surface area contributed by atoms with Crippen LogP contribution in [0.25, 0.3) is 0 Å². The minimum absolute atomic E-state index is 0.00652. The Morgan fingerprint density at radius 2 is 2.25 bits per heavy atom. The number of nitrogens with two attached hydrogens (primary N) is 1. The molecule has 1 atom stereocenters. The van der Waals surface area contributed by atoms with E-state index in [1.54, 1.807) is 12.1 Å². The monoisotopic (exact) mass is 279 g/mol. The van der Waals surface area contributed by atoms with Gasteiger partial charge in [-0.25, -0.2) is 4.39 Å². The minimum Gasteiger partial charge on any atom is -0.482 e. The lowest BCUT2D eigenvalue weighted by Gasteiger charge is -2.08. The van der Waals surface area contributed by atoms with E-state index in [9.17, 15) is 4.39 Å². The molecule has 0 aliphatic carbocycles. The third-order valence-electron chi connectivity index (χ3n) is 2.72. The molecule has 1 aromatic heterocycles. The summed E-state index contributed by atoms with van der Waals surface area (Å²) in [5.74, 6) is 0.695. The molecule has 0 radical (unpaired) electrons. The first kappa shape index (κ1) is 14.5. The molecule has 0 saturated carbocycles. The zero-order valence-corrected chi connectivity index (χ0v) is 11.6. The van der Waals surface area contributed by atoms with E-state index in [0.29, 0.717) is 24.6 Å². The van der Waals surface area contributed by atoms with Crippen molar-refractivity contribution in [3.05, 3.63) is 41.3 Å². The Morgan fingerprint density at radius 3 is 2.85 bits per heavy atom. The van der Waals surface area contributed by atoms with Crippen LogP contribution in [0, 0.1) is 5.82 Å². The molecule has 20 heavy (non-hydrogen) atoms. The molecule has 0 fully saturated rings. The Morgan fingerprint density at radius 1 is 1.45 bits per heavy atom. The summed E-state index contributed by atoms with van der Waals surface area (Å²) < 4.78 is 24.1. The van der Waals surface area contributed by atoms with Crippen molar-refractivity contribution in [3.63, 3.8) is 0 Å². The molecule has 0 aliphatic rings. The Labute approximate surface area is 116 Å². The highest BCUT2D eigenvalue weighted by Crippen LogP contribution is 2.20. The number of halogens is 1. The molecule has 0 amide bonds. The van der Waals surface area contributed by atoms with Gasteiger partial charge in [0.15, 0.2) is 18.2 Å². The first-order valence-electron chi connectivity index (χ1n) is 6.56. The summed E-state index contributed by atoms with van der Waals surface area (Å²) in [5, 5.41) is 3.74. The normalized spacial score (nSPS) is 12.4. The van der Waals surface area contributed by atoms with Crippen LogP contribution in [-0.4, -0.2) is 16.2 Å². The molecule has 5 nitrogen and oxygen atoms in total. The SMILES string of the molecule is CCc1nc(COc2ccc(CC(C)N)cc2F)no1. The number of aromatic nitrogens is 2. The van der Waals surface area contributed by atoms with Crippen molar-refractivity contribution in [1.82, 2.24) is 10.1 Å². The van der Waals surface area contributed by atoms with Gasteiger partial charge in [-0.3, -0.25) is 0 Å². The highest BCUT2D eigenvalue weighted by molar-refractivity contribution is 5.29. The molecule has 2 N–H and O–H groups in total. The summed E-state index contributed by atoms with van der Waals surface area (Å²) in [7, 11) is 0. The standard InChI is InChI=1S/C14H18FN3O2/c1-3-14-17-13(18-20-14)8-19-12-5-4-10(6-9(2)16)7-11(12)15/h4-5,7,9H,3,6,8,16H2,1-2H3. The third kappa shape index (κ3) is 3.77. The third-order valence-corrected chi connectivity index (χ3v) is 2.72. The molecule has 6 heteroatoms. The largest absolute Gasteiger partial charge is 0.482 e. The first-order chi connectivity index (χ1) is 9.58. The van der Waals surface area contributed by atoms with Gasteiger partial charge >= 0.3 is 0 Å². The van der Waals surface area contributed by atoms with Crippen LogP contribution in [0.1, 0.15) is 31.1 Å². The van der Waals surface area contributed by atoms with Crippen LogP contribution in [0.4, 0.5) is 4.39 Å². The van der Waals surface area contributed by atoms with Gasteiger partial charge in [-0.15, -0.1) is 0 Å². The second-order valence-corrected chi connectivity index (χ2v) is 4.69. The molecule has 2 aromatic rings. The highest BCUT2D eigenvalue weighted by atomic mass is 19.1. The number of rotatable bonds is 6. The predicted octanol–water partition coefficient (Wildman–Crippen LogP) is 2.24. The number of aryl methyl sites for hydroxylation is 1. The van der Waals surface area contributed by atoms with Crippen LogP contribution in [-0.2, 0) is 19.4 Å². The van der Waals surface area contributed by atoms with Crippen molar-refractivity contribution in [2.45, 2.75) is 39.3 Å². The van der Waals surface area contributed by atoms with Crippen molar-refractivity contribution in [2.24, 2.45) is 5.73 Å². The summed E-state index contributed by atoms with van der Waals surface area (Å²) in [4.78, 5) is 4.09. The Bertz CT molecular complexity index is 569. The fraction of sp³-hybridized carbons (Fsp3) is 0.429. The second kappa shape index (κ2) is 6.47. The topological polar surface area (TPSA) is 74.2 Å². The number of hydrogen-bond acceptors (Lipinski definition) is 5. The molecule has 0 bridgehead atoms. The van der Waals surface area contributed by atoms with E-state index in [2.05, 4.69) is 10.1 Å². The van der Waals surface area contributed by atoms with E-state index in [1.165, 1.54) is 6.07 Å². The molecule has 0 saturated heterocycles. The van der Waals surface area contributed by atoms with Crippen LogP contribution in [0.2, 0.25) is 0 Å². The Hall–Kier alpha value is -1.95. The van der Waals surface area contributed by atoms with Gasteiger partial charge in [-0.1, -0.05) is 18.1 Å². The first-order valence-corrected chi connectivity index (χ1v) is 6.56. The Balaban J connectivity index is 1.99. The van der Waals surface area contributed by atoms with Crippen LogP contribution in [0.15, 0.2) is 22.7 Å².